The number of thioether (sulfide) groups is 1. The van der Waals surface area contributed by atoms with Crippen LogP contribution in [0.3, 0.4) is 0 Å². The van der Waals surface area contributed by atoms with Crippen LogP contribution in [0.5, 0.6) is 0 Å². The van der Waals surface area contributed by atoms with E-state index in [1.165, 1.54) is 6.07 Å². The molecule has 1 fully saturated rings. The molecule has 3 N–H and O–H groups in total. The molecule has 0 radical (unpaired) electrons. The SMILES string of the molecule is NCC1CCCC1C(=O)NC1CCSc2ccc(F)cc21. The first kappa shape index (κ1) is 14.9. The Bertz CT molecular complexity index is 537. The standard InChI is InChI=1S/C16H21FN2OS/c17-11-4-5-15-13(8-11)14(6-7-21-15)19-16(20)12-3-1-2-10(12)9-18/h4-5,8,10,12,14H,1-3,6-7,9,18H2,(H,19,20). The zero-order chi connectivity index (χ0) is 14.8. The normalized spacial score (nSPS) is 28.2. The molecule has 2 aliphatic rings. The van der Waals surface area contributed by atoms with Gasteiger partial charge in [-0.25, -0.2) is 4.39 Å². The molecular formula is C16H21FN2OS. The van der Waals surface area contributed by atoms with E-state index in [2.05, 4.69) is 5.32 Å². The van der Waals surface area contributed by atoms with E-state index in [1.807, 2.05) is 6.07 Å². The summed E-state index contributed by atoms with van der Waals surface area (Å²) in [5.74, 6) is 1.14. The van der Waals surface area contributed by atoms with Gasteiger partial charge in [0, 0.05) is 16.6 Å². The number of hydrogen-bond donors (Lipinski definition) is 2. The second-order valence-corrected chi connectivity index (χ2v) is 7.05. The Morgan fingerprint density at radius 2 is 2.24 bits per heavy atom. The average molecular weight is 308 g/mol. The number of carbonyl (C=O) groups excluding carboxylic acids is 1. The lowest BCUT2D eigenvalue weighted by molar-refractivity contribution is -0.126. The highest BCUT2D eigenvalue weighted by Crippen LogP contribution is 2.37. The number of carbonyl (C=O) groups is 1. The van der Waals surface area contributed by atoms with Crippen LogP contribution in [-0.2, 0) is 4.79 Å². The molecule has 1 amide bonds. The quantitative estimate of drug-likeness (QED) is 0.903. The van der Waals surface area contributed by atoms with Gasteiger partial charge in [-0.15, -0.1) is 11.8 Å². The van der Waals surface area contributed by atoms with Crippen LogP contribution >= 0.6 is 11.8 Å². The van der Waals surface area contributed by atoms with E-state index in [4.69, 9.17) is 5.73 Å². The molecule has 3 nitrogen and oxygen atoms in total. The topological polar surface area (TPSA) is 55.1 Å². The van der Waals surface area contributed by atoms with Crippen LogP contribution < -0.4 is 11.1 Å². The van der Waals surface area contributed by atoms with E-state index in [-0.39, 0.29) is 23.7 Å². The van der Waals surface area contributed by atoms with E-state index < -0.39 is 0 Å². The summed E-state index contributed by atoms with van der Waals surface area (Å²) in [5.41, 5.74) is 6.68. The molecule has 1 saturated carbocycles. The lowest BCUT2D eigenvalue weighted by Crippen LogP contribution is -2.38. The fourth-order valence-corrected chi connectivity index (χ4v) is 4.56. The molecule has 1 aliphatic carbocycles. The summed E-state index contributed by atoms with van der Waals surface area (Å²) < 4.78 is 13.5. The summed E-state index contributed by atoms with van der Waals surface area (Å²) >= 11 is 1.73. The van der Waals surface area contributed by atoms with Gasteiger partial charge in [0.1, 0.15) is 5.82 Å². The van der Waals surface area contributed by atoms with Gasteiger partial charge in [0.05, 0.1) is 6.04 Å². The smallest absolute Gasteiger partial charge is 0.223 e. The number of nitrogens with two attached hydrogens (primary N) is 1. The summed E-state index contributed by atoms with van der Waals surface area (Å²) in [4.78, 5) is 13.6. The molecule has 0 spiro atoms. The number of benzene rings is 1. The Morgan fingerprint density at radius 3 is 3.05 bits per heavy atom. The molecule has 1 aromatic rings. The van der Waals surface area contributed by atoms with Crippen molar-refractivity contribution in [3.8, 4) is 0 Å². The highest BCUT2D eigenvalue weighted by atomic mass is 32.2. The molecule has 3 atom stereocenters. The van der Waals surface area contributed by atoms with Gasteiger partial charge >= 0.3 is 0 Å². The van der Waals surface area contributed by atoms with Gasteiger partial charge in [-0.05, 0) is 55.5 Å². The molecular weight excluding hydrogens is 287 g/mol. The molecule has 21 heavy (non-hydrogen) atoms. The molecule has 114 valence electrons. The van der Waals surface area contributed by atoms with Crippen LogP contribution in [0.1, 0.15) is 37.3 Å². The van der Waals surface area contributed by atoms with Gasteiger partial charge in [-0.3, -0.25) is 4.79 Å². The number of halogens is 1. The molecule has 1 aromatic carbocycles. The minimum Gasteiger partial charge on any atom is -0.349 e. The summed E-state index contributed by atoms with van der Waals surface area (Å²) in [6.45, 7) is 0.573. The predicted octanol–water partition coefficient (Wildman–Crippen LogP) is 2.85. The van der Waals surface area contributed by atoms with Crippen LogP contribution in [0.2, 0.25) is 0 Å². The molecule has 5 heteroatoms. The van der Waals surface area contributed by atoms with Crippen molar-refractivity contribution >= 4 is 17.7 Å². The molecule has 0 saturated heterocycles. The number of nitrogens with one attached hydrogen (secondary N) is 1. The average Bonchev–Trinajstić information content (AvgIpc) is 2.96. The number of hydrogen-bond acceptors (Lipinski definition) is 3. The highest BCUT2D eigenvalue weighted by Gasteiger charge is 2.33. The first-order valence-electron chi connectivity index (χ1n) is 7.61. The van der Waals surface area contributed by atoms with Crippen molar-refractivity contribution in [3.05, 3.63) is 29.6 Å². The third kappa shape index (κ3) is 3.09. The second-order valence-electron chi connectivity index (χ2n) is 5.91. The third-order valence-corrected chi connectivity index (χ3v) is 5.75. The highest BCUT2D eigenvalue weighted by molar-refractivity contribution is 7.99. The lowest BCUT2D eigenvalue weighted by atomic mass is 9.94. The van der Waals surface area contributed by atoms with Crippen molar-refractivity contribution in [2.24, 2.45) is 17.6 Å². The van der Waals surface area contributed by atoms with Crippen molar-refractivity contribution in [3.63, 3.8) is 0 Å². The van der Waals surface area contributed by atoms with Gasteiger partial charge < -0.3 is 11.1 Å². The van der Waals surface area contributed by atoms with Crippen molar-refractivity contribution in [1.29, 1.82) is 0 Å². The second kappa shape index (κ2) is 6.36. The van der Waals surface area contributed by atoms with Gasteiger partial charge in [0.25, 0.3) is 0 Å². The molecule has 0 bridgehead atoms. The summed E-state index contributed by atoms with van der Waals surface area (Å²) in [5, 5.41) is 3.13. The Morgan fingerprint density at radius 1 is 1.38 bits per heavy atom. The fourth-order valence-electron chi connectivity index (χ4n) is 3.46. The summed E-state index contributed by atoms with van der Waals surface area (Å²) in [6.07, 6.45) is 3.89. The van der Waals surface area contributed by atoms with Gasteiger partial charge in [0.2, 0.25) is 5.91 Å². The first-order valence-corrected chi connectivity index (χ1v) is 8.60. The molecule has 1 heterocycles. The van der Waals surface area contributed by atoms with Crippen LogP contribution in [0.4, 0.5) is 4.39 Å². The van der Waals surface area contributed by atoms with Gasteiger partial charge in [-0.2, -0.15) is 0 Å². The zero-order valence-electron chi connectivity index (χ0n) is 12.0. The Balaban J connectivity index is 1.74. The monoisotopic (exact) mass is 308 g/mol. The predicted molar refractivity (Wildman–Crippen MR) is 82.5 cm³/mol. The minimum atomic E-state index is -0.240. The van der Waals surface area contributed by atoms with Gasteiger partial charge in [-0.1, -0.05) is 6.42 Å². The van der Waals surface area contributed by atoms with Crippen molar-refractivity contribution in [2.45, 2.75) is 36.6 Å². The van der Waals surface area contributed by atoms with Crippen LogP contribution in [0, 0.1) is 17.7 Å². The number of rotatable bonds is 3. The van der Waals surface area contributed by atoms with Crippen molar-refractivity contribution in [1.82, 2.24) is 5.32 Å². The molecule has 0 aromatic heterocycles. The molecule has 1 aliphatic heterocycles. The summed E-state index contributed by atoms with van der Waals surface area (Å²) in [7, 11) is 0. The number of fused-ring (bicyclic) bond motifs is 1. The third-order valence-electron chi connectivity index (χ3n) is 4.63. The number of amides is 1. The Hall–Kier alpha value is -1.07. The van der Waals surface area contributed by atoms with Crippen molar-refractivity contribution in [2.75, 3.05) is 12.3 Å². The van der Waals surface area contributed by atoms with E-state index >= 15 is 0 Å². The van der Waals surface area contributed by atoms with E-state index in [1.54, 1.807) is 17.8 Å². The lowest BCUT2D eigenvalue weighted by Gasteiger charge is -2.28. The van der Waals surface area contributed by atoms with Crippen LogP contribution in [-0.4, -0.2) is 18.2 Å². The largest absolute Gasteiger partial charge is 0.349 e. The zero-order valence-corrected chi connectivity index (χ0v) is 12.8. The Kier molecular flexibility index (Phi) is 4.50. The van der Waals surface area contributed by atoms with E-state index in [0.29, 0.717) is 12.5 Å². The minimum absolute atomic E-state index is 0.0292. The first-order chi connectivity index (χ1) is 10.2. The maximum atomic E-state index is 13.5. The fraction of sp³-hybridized carbons (Fsp3) is 0.562. The summed E-state index contributed by atoms with van der Waals surface area (Å²) in [6, 6.07) is 4.79. The van der Waals surface area contributed by atoms with Gasteiger partial charge in [0.15, 0.2) is 0 Å². The van der Waals surface area contributed by atoms with Crippen LogP contribution in [0.25, 0.3) is 0 Å². The Labute approximate surface area is 128 Å². The van der Waals surface area contributed by atoms with Crippen LogP contribution in [0.15, 0.2) is 23.1 Å². The van der Waals surface area contributed by atoms with E-state index in [0.717, 1.165) is 41.9 Å². The molecule has 3 rings (SSSR count). The van der Waals surface area contributed by atoms with Crippen molar-refractivity contribution < 1.29 is 9.18 Å². The maximum Gasteiger partial charge on any atom is 0.223 e. The maximum absolute atomic E-state index is 13.5. The van der Waals surface area contributed by atoms with E-state index in [9.17, 15) is 9.18 Å². The molecule has 3 unspecified atom stereocenters.